The summed E-state index contributed by atoms with van der Waals surface area (Å²) < 4.78 is 25.6. The largest absolute Gasteiger partial charge is 0.496 e. The molecule has 0 heterocycles. The van der Waals surface area contributed by atoms with Gasteiger partial charge in [-0.05, 0) is 67.8 Å². The van der Waals surface area contributed by atoms with E-state index in [1.54, 1.807) is 25.3 Å². The maximum atomic E-state index is 13.3. The van der Waals surface area contributed by atoms with Crippen molar-refractivity contribution in [2.45, 2.75) is 6.61 Å². The highest BCUT2D eigenvalue weighted by molar-refractivity contribution is 9.11. The summed E-state index contributed by atoms with van der Waals surface area (Å²) in [5, 5.41) is 8.82. The first-order valence-electron chi connectivity index (χ1n) is 5.89. The number of halogens is 3. The van der Waals surface area contributed by atoms with Gasteiger partial charge in [0.15, 0.2) is 0 Å². The lowest BCUT2D eigenvalue weighted by Gasteiger charge is -2.11. The molecule has 0 spiro atoms. The zero-order valence-corrected chi connectivity index (χ0v) is 14.2. The summed E-state index contributed by atoms with van der Waals surface area (Å²) in [7, 11) is 1.57. The molecular formula is C15H10Br2FNO2. The van der Waals surface area contributed by atoms with E-state index >= 15 is 0 Å². The zero-order chi connectivity index (χ0) is 15.4. The predicted octanol–water partition coefficient (Wildman–Crippen LogP) is 4.81. The molecule has 6 heteroatoms. The minimum Gasteiger partial charge on any atom is -0.496 e. The van der Waals surface area contributed by atoms with Crippen LogP contribution in [0.25, 0.3) is 0 Å². The number of nitrogens with zero attached hydrogens (tertiary/aromatic N) is 1. The molecule has 0 saturated carbocycles. The number of hydrogen-bond donors (Lipinski definition) is 0. The lowest BCUT2D eigenvalue weighted by atomic mass is 10.1. The standard InChI is InChI=1S/C15H10Br2FNO2/c1-20-14-5-13(17)15(6-12(14)16)21-8-10-2-9(7-19)3-11(18)4-10/h2-6H,8H2,1H3. The Morgan fingerprint density at radius 1 is 1.10 bits per heavy atom. The molecule has 0 aliphatic rings. The summed E-state index contributed by atoms with van der Waals surface area (Å²) >= 11 is 6.76. The molecule has 2 aromatic carbocycles. The first-order valence-corrected chi connectivity index (χ1v) is 7.47. The van der Waals surface area contributed by atoms with Gasteiger partial charge in [0.25, 0.3) is 0 Å². The highest BCUT2D eigenvalue weighted by atomic mass is 79.9. The van der Waals surface area contributed by atoms with E-state index in [4.69, 9.17) is 14.7 Å². The average Bonchev–Trinajstić information content (AvgIpc) is 2.47. The van der Waals surface area contributed by atoms with Crippen LogP contribution in [0.1, 0.15) is 11.1 Å². The van der Waals surface area contributed by atoms with Crippen molar-refractivity contribution in [3.8, 4) is 17.6 Å². The Labute approximate surface area is 138 Å². The van der Waals surface area contributed by atoms with E-state index in [0.717, 1.165) is 8.95 Å². The maximum absolute atomic E-state index is 13.3. The Hall–Kier alpha value is -1.58. The van der Waals surface area contributed by atoms with Gasteiger partial charge < -0.3 is 9.47 Å². The summed E-state index contributed by atoms with van der Waals surface area (Å²) in [4.78, 5) is 0. The normalized spacial score (nSPS) is 10.0. The molecular weight excluding hydrogens is 405 g/mol. The van der Waals surface area contributed by atoms with Gasteiger partial charge in [-0.25, -0.2) is 4.39 Å². The Morgan fingerprint density at radius 3 is 2.43 bits per heavy atom. The molecule has 0 amide bonds. The van der Waals surface area contributed by atoms with Crippen LogP contribution < -0.4 is 9.47 Å². The molecule has 0 fully saturated rings. The molecule has 0 aliphatic heterocycles. The first kappa shape index (κ1) is 15.8. The van der Waals surface area contributed by atoms with Crippen molar-refractivity contribution < 1.29 is 13.9 Å². The molecule has 3 nitrogen and oxygen atoms in total. The van der Waals surface area contributed by atoms with E-state index in [1.807, 2.05) is 6.07 Å². The molecule has 21 heavy (non-hydrogen) atoms. The summed E-state index contributed by atoms with van der Waals surface area (Å²) in [6, 6.07) is 9.56. The second-order valence-corrected chi connectivity index (χ2v) is 5.87. The number of rotatable bonds is 4. The van der Waals surface area contributed by atoms with Crippen LogP contribution in [0.2, 0.25) is 0 Å². The van der Waals surface area contributed by atoms with Crippen molar-refractivity contribution in [2.24, 2.45) is 0 Å². The van der Waals surface area contributed by atoms with Gasteiger partial charge in [0.05, 0.1) is 27.7 Å². The van der Waals surface area contributed by atoms with Crippen LogP contribution in [0.15, 0.2) is 39.3 Å². The lowest BCUT2D eigenvalue weighted by Crippen LogP contribution is -1.98. The molecule has 0 aliphatic carbocycles. The van der Waals surface area contributed by atoms with Crippen LogP contribution in [0.4, 0.5) is 4.39 Å². The SMILES string of the molecule is COc1cc(Br)c(OCc2cc(F)cc(C#N)c2)cc1Br. The van der Waals surface area contributed by atoms with Gasteiger partial charge in [0.1, 0.15) is 23.9 Å². The number of benzene rings is 2. The van der Waals surface area contributed by atoms with Gasteiger partial charge >= 0.3 is 0 Å². The third-order valence-electron chi connectivity index (χ3n) is 2.69. The Balaban J connectivity index is 2.19. The van der Waals surface area contributed by atoms with Crippen LogP contribution in [-0.4, -0.2) is 7.11 Å². The van der Waals surface area contributed by atoms with E-state index < -0.39 is 5.82 Å². The molecule has 0 radical (unpaired) electrons. The molecule has 0 saturated heterocycles. The fraction of sp³-hybridized carbons (Fsp3) is 0.133. The van der Waals surface area contributed by atoms with Crippen LogP contribution in [0, 0.1) is 17.1 Å². The average molecular weight is 415 g/mol. The van der Waals surface area contributed by atoms with E-state index in [-0.39, 0.29) is 12.2 Å². The third-order valence-corrected chi connectivity index (χ3v) is 3.93. The quantitative estimate of drug-likeness (QED) is 0.720. The molecule has 0 aromatic heterocycles. The second kappa shape index (κ2) is 6.92. The fourth-order valence-corrected chi connectivity index (χ4v) is 2.66. The monoisotopic (exact) mass is 413 g/mol. The predicted molar refractivity (Wildman–Crippen MR) is 83.8 cm³/mol. The van der Waals surface area contributed by atoms with Crippen molar-refractivity contribution in [2.75, 3.05) is 7.11 Å². The number of methoxy groups -OCH3 is 1. The van der Waals surface area contributed by atoms with Crippen LogP contribution >= 0.6 is 31.9 Å². The van der Waals surface area contributed by atoms with Gasteiger partial charge in [-0.15, -0.1) is 0 Å². The lowest BCUT2D eigenvalue weighted by molar-refractivity contribution is 0.302. The van der Waals surface area contributed by atoms with Gasteiger partial charge in [-0.1, -0.05) is 0 Å². The number of ether oxygens (including phenoxy) is 2. The molecule has 2 aromatic rings. The van der Waals surface area contributed by atoms with Gasteiger partial charge in [0, 0.05) is 0 Å². The molecule has 0 atom stereocenters. The molecule has 0 bridgehead atoms. The Kier molecular flexibility index (Phi) is 5.21. The highest BCUT2D eigenvalue weighted by Gasteiger charge is 2.09. The Morgan fingerprint density at radius 2 is 1.76 bits per heavy atom. The van der Waals surface area contributed by atoms with E-state index in [1.165, 1.54) is 12.1 Å². The topological polar surface area (TPSA) is 42.2 Å². The van der Waals surface area contributed by atoms with E-state index in [9.17, 15) is 4.39 Å². The molecule has 0 unspecified atom stereocenters. The summed E-state index contributed by atoms with van der Waals surface area (Å²) in [6.45, 7) is 0.157. The van der Waals surface area contributed by atoms with Crippen LogP contribution in [0.5, 0.6) is 11.5 Å². The summed E-state index contributed by atoms with van der Waals surface area (Å²) in [5.41, 5.74) is 0.856. The van der Waals surface area contributed by atoms with Gasteiger partial charge in [0.2, 0.25) is 0 Å². The minimum atomic E-state index is -0.456. The molecule has 2 rings (SSSR count). The van der Waals surface area contributed by atoms with Crippen LogP contribution in [0.3, 0.4) is 0 Å². The first-order chi connectivity index (χ1) is 10.0. The smallest absolute Gasteiger partial charge is 0.135 e. The molecule has 108 valence electrons. The third kappa shape index (κ3) is 3.96. The molecule has 0 N–H and O–H groups in total. The second-order valence-electron chi connectivity index (χ2n) is 4.17. The minimum absolute atomic E-state index is 0.157. The van der Waals surface area contributed by atoms with Crippen molar-refractivity contribution in [3.63, 3.8) is 0 Å². The van der Waals surface area contributed by atoms with Crippen LogP contribution in [-0.2, 0) is 6.61 Å². The highest BCUT2D eigenvalue weighted by Crippen LogP contribution is 2.36. The van der Waals surface area contributed by atoms with Crippen molar-refractivity contribution in [1.29, 1.82) is 5.26 Å². The number of nitriles is 1. The van der Waals surface area contributed by atoms with E-state index in [2.05, 4.69) is 31.9 Å². The fourth-order valence-electron chi connectivity index (χ4n) is 1.74. The van der Waals surface area contributed by atoms with Crippen molar-refractivity contribution in [3.05, 3.63) is 56.2 Å². The van der Waals surface area contributed by atoms with Gasteiger partial charge in [-0.3, -0.25) is 0 Å². The number of hydrogen-bond acceptors (Lipinski definition) is 3. The van der Waals surface area contributed by atoms with Crippen molar-refractivity contribution >= 4 is 31.9 Å². The maximum Gasteiger partial charge on any atom is 0.135 e. The Bertz CT molecular complexity index is 714. The van der Waals surface area contributed by atoms with Gasteiger partial charge in [-0.2, -0.15) is 5.26 Å². The van der Waals surface area contributed by atoms with Crippen molar-refractivity contribution in [1.82, 2.24) is 0 Å². The summed E-state index contributed by atoms with van der Waals surface area (Å²) in [5.74, 6) is 0.805. The van der Waals surface area contributed by atoms with E-state index in [0.29, 0.717) is 17.1 Å². The summed E-state index contributed by atoms with van der Waals surface area (Å²) in [6.07, 6.45) is 0. The zero-order valence-electron chi connectivity index (χ0n) is 11.0.